The molecule has 0 fully saturated rings. The topological polar surface area (TPSA) is 40.5 Å². The SMILES string of the molecule is OCCC(O)(c1c(F)cccc1F)c1c(F)cccc1F. The Morgan fingerprint density at radius 2 is 1.10 bits per heavy atom. The van der Waals surface area contributed by atoms with Crippen LogP contribution in [-0.2, 0) is 5.60 Å². The molecule has 0 heterocycles. The van der Waals surface area contributed by atoms with Gasteiger partial charge in [0.25, 0.3) is 0 Å². The fraction of sp³-hybridized carbons (Fsp3) is 0.200. The van der Waals surface area contributed by atoms with E-state index in [0.717, 1.165) is 36.4 Å². The Kier molecular flexibility index (Phi) is 4.29. The Labute approximate surface area is 118 Å². The maximum atomic E-state index is 13.9. The van der Waals surface area contributed by atoms with E-state index in [9.17, 15) is 22.7 Å². The smallest absolute Gasteiger partial charge is 0.132 e. The molecular formula is C15H12F4O2. The van der Waals surface area contributed by atoms with E-state index < -0.39 is 53.0 Å². The van der Waals surface area contributed by atoms with Gasteiger partial charge in [-0.05, 0) is 24.3 Å². The average molecular weight is 300 g/mol. The van der Waals surface area contributed by atoms with E-state index in [1.54, 1.807) is 0 Å². The second-order valence-electron chi connectivity index (χ2n) is 4.53. The summed E-state index contributed by atoms with van der Waals surface area (Å²) in [6.07, 6.45) is -0.664. The molecule has 21 heavy (non-hydrogen) atoms. The lowest BCUT2D eigenvalue weighted by Gasteiger charge is -2.30. The second kappa shape index (κ2) is 5.83. The molecule has 112 valence electrons. The summed E-state index contributed by atoms with van der Waals surface area (Å²) in [5.74, 6) is -4.63. The summed E-state index contributed by atoms with van der Waals surface area (Å²) in [5.41, 5.74) is -4.45. The van der Waals surface area contributed by atoms with E-state index in [-0.39, 0.29) is 0 Å². The van der Waals surface area contributed by atoms with Crippen LogP contribution in [0.1, 0.15) is 17.5 Å². The molecule has 6 heteroatoms. The van der Waals surface area contributed by atoms with Gasteiger partial charge >= 0.3 is 0 Å². The maximum Gasteiger partial charge on any atom is 0.132 e. The van der Waals surface area contributed by atoms with E-state index >= 15 is 0 Å². The number of aliphatic hydroxyl groups excluding tert-OH is 1. The van der Waals surface area contributed by atoms with Gasteiger partial charge in [0.2, 0.25) is 0 Å². The van der Waals surface area contributed by atoms with Crippen molar-refractivity contribution < 1.29 is 27.8 Å². The third kappa shape index (κ3) is 2.64. The van der Waals surface area contributed by atoms with Crippen molar-refractivity contribution in [2.45, 2.75) is 12.0 Å². The molecule has 2 N–H and O–H groups in total. The van der Waals surface area contributed by atoms with Gasteiger partial charge in [-0.3, -0.25) is 0 Å². The second-order valence-corrected chi connectivity index (χ2v) is 4.53. The first-order chi connectivity index (χ1) is 9.91. The van der Waals surface area contributed by atoms with Crippen molar-refractivity contribution in [3.63, 3.8) is 0 Å². The Morgan fingerprint density at radius 1 is 0.762 bits per heavy atom. The van der Waals surface area contributed by atoms with Gasteiger partial charge in [0.05, 0.1) is 11.1 Å². The van der Waals surface area contributed by atoms with Gasteiger partial charge in [0.15, 0.2) is 0 Å². The van der Waals surface area contributed by atoms with Crippen molar-refractivity contribution in [2.24, 2.45) is 0 Å². The zero-order valence-electron chi connectivity index (χ0n) is 10.8. The van der Waals surface area contributed by atoms with Crippen LogP contribution in [-0.4, -0.2) is 16.8 Å². The molecule has 0 radical (unpaired) electrons. The number of benzene rings is 2. The van der Waals surface area contributed by atoms with Crippen LogP contribution in [0.4, 0.5) is 17.6 Å². The number of aliphatic hydroxyl groups is 2. The first-order valence-electron chi connectivity index (χ1n) is 6.14. The molecule has 0 aliphatic rings. The minimum absolute atomic E-state index is 0.664. The Morgan fingerprint density at radius 3 is 1.38 bits per heavy atom. The zero-order chi connectivity index (χ0) is 15.6. The van der Waals surface area contributed by atoms with Crippen molar-refractivity contribution in [1.82, 2.24) is 0 Å². The van der Waals surface area contributed by atoms with Crippen molar-refractivity contribution in [2.75, 3.05) is 6.61 Å². The van der Waals surface area contributed by atoms with Gasteiger partial charge in [0.1, 0.15) is 28.9 Å². The predicted octanol–water partition coefficient (Wildman–Crippen LogP) is 2.86. The average Bonchev–Trinajstić information content (AvgIpc) is 2.38. The molecule has 0 spiro atoms. The normalized spacial score (nSPS) is 11.7. The van der Waals surface area contributed by atoms with Crippen LogP contribution in [0.5, 0.6) is 0 Å². The monoisotopic (exact) mass is 300 g/mol. The molecule has 0 saturated carbocycles. The van der Waals surface area contributed by atoms with Crippen LogP contribution in [0.25, 0.3) is 0 Å². The Balaban J connectivity index is 2.78. The summed E-state index contributed by atoms with van der Waals surface area (Å²) in [7, 11) is 0. The summed E-state index contributed by atoms with van der Waals surface area (Å²) < 4.78 is 55.6. The third-order valence-electron chi connectivity index (χ3n) is 3.23. The van der Waals surface area contributed by atoms with Crippen LogP contribution in [0, 0.1) is 23.3 Å². The van der Waals surface area contributed by atoms with Crippen molar-refractivity contribution >= 4 is 0 Å². The standard InChI is InChI=1S/C15H12F4O2/c16-9-3-1-4-10(17)13(9)15(21,7-8-20)14-11(18)5-2-6-12(14)19/h1-6,20-21H,7-8H2. The van der Waals surface area contributed by atoms with Gasteiger partial charge in [-0.2, -0.15) is 0 Å². The number of halogens is 4. The molecule has 0 saturated heterocycles. The number of hydrogen-bond acceptors (Lipinski definition) is 2. The summed E-state index contributed by atoms with van der Waals surface area (Å²) in [6, 6.07) is 5.56. The van der Waals surface area contributed by atoms with Gasteiger partial charge in [-0.25, -0.2) is 17.6 Å². The van der Waals surface area contributed by atoms with E-state index in [1.165, 1.54) is 0 Å². The predicted molar refractivity (Wildman–Crippen MR) is 67.4 cm³/mol. The molecule has 2 aromatic carbocycles. The first-order valence-corrected chi connectivity index (χ1v) is 6.14. The molecule has 2 aromatic rings. The molecule has 0 bridgehead atoms. The lowest BCUT2D eigenvalue weighted by molar-refractivity contribution is 0.0375. The molecule has 0 unspecified atom stereocenters. The van der Waals surface area contributed by atoms with Crippen LogP contribution in [0.2, 0.25) is 0 Å². The maximum absolute atomic E-state index is 13.9. The van der Waals surface area contributed by atoms with E-state index in [4.69, 9.17) is 5.11 Å². The molecule has 0 aliphatic carbocycles. The van der Waals surface area contributed by atoms with Crippen LogP contribution >= 0.6 is 0 Å². The van der Waals surface area contributed by atoms with E-state index in [1.807, 2.05) is 0 Å². The Bertz CT molecular complexity index is 566. The highest BCUT2D eigenvalue weighted by Gasteiger charge is 2.40. The summed E-state index contributed by atoms with van der Waals surface area (Å²) in [6.45, 7) is -0.724. The lowest BCUT2D eigenvalue weighted by Crippen LogP contribution is -2.33. The fourth-order valence-electron chi connectivity index (χ4n) is 2.32. The molecular weight excluding hydrogens is 288 g/mol. The highest BCUT2D eigenvalue weighted by Crippen LogP contribution is 2.38. The van der Waals surface area contributed by atoms with Crippen molar-refractivity contribution in [3.05, 3.63) is 70.8 Å². The summed E-state index contributed by atoms with van der Waals surface area (Å²) in [4.78, 5) is 0. The summed E-state index contributed by atoms with van der Waals surface area (Å²) in [5, 5.41) is 19.6. The highest BCUT2D eigenvalue weighted by atomic mass is 19.1. The van der Waals surface area contributed by atoms with E-state index in [0.29, 0.717) is 0 Å². The largest absolute Gasteiger partial charge is 0.396 e. The summed E-state index contributed by atoms with van der Waals surface area (Å²) >= 11 is 0. The van der Waals surface area contributed by atoms with Gasteiger partial charge < -0.3 is 10.2 Å². The minimum atomic E-state index is -2.65. The Hall–Kier alpha value is -1.92. The molecule has 0 aromatic heterocycles. The fourth-order valence-corrected chi connectivity index (χ4v) is 2.32. The highest BCUT2D eigenvalue weighted by molar-refractivity contribution is 5.39. The van der Waals surface area contributed by atoms with Crippen molar-refractivity contribution in [1.29, 1.82) is 0 Å². The molecule has 2 rings (SSSR count). The van der Waals surface area contributed by atoms with Crippen LogP contribution in [0.3, 0.4) is 0 Å². The lowest BCUT2D eigenvalue weighted by atomic mass is 9.82. The minimum Gasteiger partial charge on any atom is -0.396 e. The zero-order valence-corrected chi connectivity index (χ0v) is 10.8. The van der Waals surface area contributed by atoms with Crippen molar-refractivity contribution in [3.8, 4) is 0 Å². The van der Waals surface area contributed by atoms with Crippen LogP contribution in [0.15, 0.2) is 36.4 Å². The van der Waals surface area contributed by atoms with E-state index in [2.05, 4.69) is 0 Å². The molecule has 2 nitrogen and oxygen atoms in total. The third-order valence-corrected chi connectivity index (χ3v) is 3.23. The van der Waals surface area contributed by atoms with Gasteiger partial charge in [-0.1, -0.05) is 12.1 Å². The first kappa shape index (κ1) is 15.5. The number of hydrogen-bond donors (Lipinski definition) is 2. The number of rotatable bonds is 4. The quantitative estimate of drug-likeness (QED) is 0.852. The molecule has 0 atom stereocenters. The van der Waals surface area contributed by atoms with Gasteiger partial charge in [-0.15, -0.1) is 0 Å². The molecule has 0 amide bonds. The van der Waals surface area contributed by atoms with Gasteiger partial charge in [0, 0.05) is 13.0 Å². The molecule has 0 aliphatic heterocycles. The van der Waals surface area contributed by atoms with Crippen LogP contribution < -0.4 is 0 Å².